The molecule has 0 spiro atoms. The van der Waals surface area contributed by atoms with E-state index >= 15 is 0 Å². The Morgan fingerprint density at radius 2 is 1.87 bits per heavy atom. The number of hydrogen-bond donors (Lipinski definition) is 1. The summed E-state index contributed by atoms with van der Waals surface area (Å²) < 4.78 is 5.76. The first-order valence-corrected chi connectivity index (χ1v) is 9.73. The highest BCUT2D eigenvalue weighted by molar-refractivity contribution is 5.75. The summed E-state index contributed by atoms with van der Waals surface area (Å²) in [6.07, 6.45) is 1.94. The Bertz CT molecular complexity index is 936. The molecule has 1 saturated heterocycles. The summed E-state index contributed by atoms with van der Waals surface area (Å²) in [5.41, 5.74) is 0.868. The number of nitrogens with zero attached hydrogens (tertiary/aromatic N) is 3. The van der Waals surface area contributed by atoms with Crippen molar-refractivity contribution < 1.29 is 24.4 Å². The van der Waals surface area contributed by atoms with Gasteiger partial charge in [-0.2, -0.15) is 4.98 Å². The third-order valence-corrected chi connectivity index (χ3v) is 5.08. The van der Waals surface area contributed by atoms with Crippen LogP contribution in [0.4, 0.5) is 11.5 Å². The lowest BCUT2D eigenvalue weighted by Gasteiger charge is -2.30. The number of piperidine rings is 1. The number of aryl methyl sites for hydroxylation is 1. The average molecular weight is 413 g/mol. The van der Waals surface area contributed by atoms with Crippen molar-refractivity contribution in [3.05, 3.63) is 52.1 Å². The first-order chi connectivity index (χ1) is 14.3. The Hall–Kier alpha value is -3.49. The molecule has 0 bridgehead atoms. The lowest BCUT2D eigenvalue weighted by atomic mass is 9.97. The zero-order valence-electron chi connectivity index (χ0n) is 16.6. The van der Waals surface area contributed by atoms with Gasteiger partial charge >= 0.3 is 11.7 Å². The van der Waals surface area contributed by atoms with Gasteiger partial charge in [-0.15, -0.1) is 0 Å². The van der Waals surface area contributed by atoms with Crippen LogP contribution in [0.1, 0.15) is 31.7 Å². The van der Waals surface area contributed by atoms with Crippen molar-refractivity contribution >= 4 is 23.3 Å². The molecule has 1 N–H and O–H groups in total. The fraction of sp³-hybridized carbons (Fsp3) is 0.381. The molecule has 1 fully saturated rings. The molecule has 1 aromatic carbocycles. The maximum atomic E-state index is 11.4. The second kappa shape index (κ2) is 9.34. The molecule has 1 aromatic heterocycles. The molecule has 0 atom stereocenters. The number of aliphatic carboxylic acids is 1. The van der Waals surface area contributed by atoms with Gasteiger partial charge in [-0.25, -0.2) is 0 Å². The maximum Gasteiger partial charge on any atom is 0.311 e. The molecule has 0 amide bonds. The summed E-state index contributed by atoms with van der Waals surface area (Å²) >= 11 is 0. The number of carbonyl (C=O) groups is 2. The van der Waals surface area contributed by atoms with E-state index in [0.29, 0.717) is 44.5 Å². The molecule has 2 aromatic rings. The Morgan fingerprint density at radius 1 is 1.20 bits per heavy atom. The normalized spacial score (nSPS) is 14.4. The van der Waals surface area contributed by atoms with Crippen LogP contribution >= 0.6 is 0 Å². The van der Waals surface area contributed by atoms with E-state index < -0.39 is 16.8 Å². The van der Waals surface area contributed by atoms with E-state index in [-0.39, 0.29) is 23.2 Å². The van der Waals surface area contributed by atoms with Crippen LogP contribution in [0.2, 0.25) is 0 Å². The molecule has 0 radical (unpaired) electrons. The Kier molecular flexibility index (Phi) is 6.61. The van der Waals surface area contributed by atoms with Crippen molar-refractivity contribution in [2.45, 2.75) is 32.6 Å². The molecule has 9 nitrogen and oxygen atoms in total. The molecular formula is C21H23N3O6. The Balaban J connectivity index is 1.75. The molecule has 0 unspecified atom stereocenters. The van der Waals surface area contributed by atoms with Crippen LogP contribution in [0.3, 0.4) is 0 Å². The van der Waals surface area contributed by atoms with Crippen LogP contribution in [0.5, 0.6) is 11.6 Å². The van der Waals surface area contributed by atoms with Crippen molar-refractivity contribution in [1.29, 1.82) is 0 Å². The number of carboxylic acids is 1. The number of ether oxygens (including phenoxy) is 1. The van der Waals surface area contributed by atoms with E-state index in [9.17, 15) is 19.7 Å². The number of aromatic nitrogens is 1. The molecule has 0 saturated carbocycles. The van der Waals surface area contributed by atoms with Crippen molar-refractivity contribution in [3.63, 3.8) is 0 Å². The molecule has 1 aliphatic heterocycles. The van der Waals surface area contributed by atoms with Crippen LogP contribution in [-0.2, 0) is 16.0 Å². The molecule has 9 heteroatoms. The number of pyridine rings is 1. The molecule has 0 aliphatic carbocycles. The predicted octanol–water partition coefficient (Wildman–Crippen LogP) is 3.60. The molecule has 2 heterocycles. The fourth-order valence-corrected chi connectivity index (χ4v) is 3.36. The van der Waals surface area contributed by atoms with Crippen LogP contribution in [0, 0.1) is 16.0 Å². The standard InChI is InChI=1S/C21H23N3O6/c1-14(25)2-3-15-4-6-17(7-5-15)30-19-9-8-18(24(28)29)20(22-19)23-12-10-16(11-13-23)21(26)27/h4-9,16H,2-3,10-13H2,1H3,(H,26,27). The lowest BCUT2D eigenvalue weighted by molar-refractivity contribution is -0.384. The monoisotopic (exact) mass is 413 g/mol. The molecule has 3 rings (SSSR count). The van der Waals surface area contributed by atoms with Crippen molar-refractivity contribution in [2.24, 2.45) is 5.92 Å². The topological polar surface area (TPSA) is 123 Å². The van der Waals surface area contributed by atoms with Gasteiger partial charge in [0.25, 0.3) is 0 Å². The van der Waals surface area contributed by atoms with Gasteiger partial charge in [0.1, 0.15) is 11.5 Å². The van der Waals surface area contributed by atoms with E-state index in [1.807, 2.05) is 12.1 Å². The number of benzene rings is 1. The molecule has 158 valence electrons. The number of Topliss-reactive ketones (excluding diaryl/α,β-unsaturated/α-hetero) is 1. The van der Waals surface area contributed by atoms with Gasteiger partial charge in [0.05, 0.1) is 10.8 Å². The number of nitro groups is 1. The SMILES string of the molecule is CC(=O)CCc1ccc(Oc2ccc([N+](=O)[O-])c(N3CCC(C(=O)O)CC3)n2)cc1. The zero-order chi connectivity index (χ0) is 21.7. The Morgan fingerprint density at radius 3 is 2.43 bits per heavy atom. The van der Waals surface area contributed by atoms with E-state index in [4.69, 9.17) is 9.84 Å². The molecule has 30 heavy (non-hydrogen) atoms. The van der Waals surface area contributed by atoms with E-state index in [1.54, 1.807) is 24.0 Å². The van der Waals surface area contributed by atoms with Gasteiger partial charge in [0, 0.05) is 31.6 Å². The number of ketones is 1. The summed E-state index contributed by atoms with van der Waals surface area (Å²) in [6.45, 7) is 2.30. The van der Waals surface area contributed by atoms with E-state index in [1.165, 1.54) is 12.1 Å². The van der Waals surface area contributed by atoms with Crippen LogP contribution in [0.15, 0.2) is 36.4 Å². The van der Waals surface area contributed by atoms with Gasteiger partial charge in [0.2, 0.25) is 11.7 Å². The summed E-state index contributed by atoms with van der Waals surface area (Å²) in [7, 11) is 0. The number of anilines is 1. The average Bonchev–Trinajstić information content (AvgIpc) is 2.73. The minimum absolute atomic E-state index is 0.130. The first-order valence-electron chi connectivity index (χ1n) is 9.73. The fourth-order valence-electron chi connectivity index (χ4n) is 3.36. The van der Waals surface area contributed by atoms with Crippen molar-refractivity contribution in [1.82, 2.24) is 4.98 Å². The third-order valence-electron chi connectivity index (χ3n) is 5.08. The van der Waals surface area contributed by atoms with E-state index in [0.717, 1.165) is 5.56 Å². The minimum Gasteiger partial charge on any atom is -0.481 e. The molecular weight excluding hydrogens is 390 g/mol. The van der Waals surface area contributed by atoms with Crippen LogP contribution < -0.4 is 9.64 Å². The number of hydrogen-bond acceptors (Lipinski definition) is 7. The van der Waals surface area contributed by atoms with Gasteiger partial charge in [-0.1, -0.05) is 12.1 Å². The van der Waals surface area contributed by atoms with E-state index in [2.05, 4.69) is 4.98 Å². The smallest absolute Gasteiger partial charge is 0.311 e. The summed E-state index contributed by atoms with van der Waals surface area (Å²) in [4.78, 5) is 39.2. The quantitative estimate of drug-likeness (QED) is 0.514. The Labute approximate surface area is 173 Å². The predicted molar refractivity (Wildman–Crippen MR) is 109 cm³/mol. The van der Waals surface area contributed by atoms with Crippen LogP contribution in [0.25, 0.3) is 0 Å². The summed E-state index contributed by atoms with van der Waals surface area (Å²) in [5.74, 6) is -0.238. The third kappa shape index (κ3) is 5.31. The van der Waals surface area contributed by atoms with Crippen molar-refractivity contribution in [2.75, 3.05) is 18.0 Å². The lowest BCUT2D eigenvalue weighted by Crippen LogP contribution is -2.37. The van der Waals surface area contributed by atoms with Gasteiger partial charge in [-0.3, -0.25) is 14.9 Å². The highest BCUT2D eigenvalue weighted by Gasteiger charge is 2.29. The molecule has 1 aliphatic rings. The highest BCUT2D eigenvalue weighted by atomic mass is 16.6. The highest BCUT2D eigenvalue weighted by Crippen LogP contribution is 2.33. The van der Waals surface area contributed by atoms with Gasteiger partial charge < -0.3 is 19.5 Å². The number of carboxylic acid groups (broad SMARTS) is 1. The second-order valence-electron chi connectivity index (χ2n) is 7.30. The zero-order valence-corrected chi connectivity index (χ0v) is 16.6. The van der Waals surface area contributed by atoms with Gasteiger partial charge in [-0.05, 0) is 43.9 Å². The number of rotatable bonds is 8. The maximum absolute atomic E-state index is 11.4. The van der Waals surface area contributed by atoms with Crippen molar-refractivity contribution in [3.8, 4) is 11.6 Å². The minimum atomic E-state index is -0.846. The van der Waals surface area contributed by atoms with Gasteiger partial charge in [0.15, 0.2) is 0 Å². The summed E-state index contributed by atoms with van der Waals surface area (Å²) in [5, 5.41) is 20.6. The summed E-state index contributed by atoms with van der Waals surface area (Å²) in [6, 6.07) is 10.0. The van der Waals surface area contributed by atoms with Crippen LogP contribution in [-0.4, -0.2) is 39.9 Å². The first kappa shape index (κ1) is 21.2. The largest absolute Gasteiger partial charge is 0.481 e. The number of carbonyl (C=O) groups excluding carboxylic acids is 1. The second-order valence-corrected chi connectivity index (χ2v) is 7.30.